The summed E-state index contributed by atoms with van der Waals surface area (Å²) in [5.41, 5.74) is 0. The molecule has 27 heavy (non-hydrogen) atoms. The van der Waals surface area contributed by atoms with Crippen molar-refractivity contribution in [2.24, 2.45) is 0 Å². The van der Waals surface area contributed by atoms with Crippen LogP contribution in [0.3, 0.4) is 0 Å². The molecule has 0 saturated heterocycles. The molecular weight excluding hydrogens is 366 g/mol. The molecule has 1 heterocycles. The van der Waals surface area contributed by atoms with Gasteiger partial charge in [0, 0.05) is 10.9 Å². The fraction of sp³-hybridized carbons (Fsp3) is 0.600. The van der Waals surface area contributed by atoms with Gasteiger partial charge in [0.15, 0.2) is 17.6 Å². The normalized spacial score (nSPS) is 18.3. The van der Waals surface area contributed by atoms with E-state index in [-0.39, 0.29) is 17.7 Å². The third kappa shape index (κ3) is 6.06. The number of carbonyl (C=O) groups excluding carboxylic acids is 2. The lowest BCUT2D eigenvalue weighted by Crippen LogP contribution is -2.42. The number of benzene rings is 1. The fourth-order valence-electron chi connectivity index (χ4n) is 3.28. The molecule has 0 unspecified atom stereocenters. The second-order valence-corrected chi connectivity index (χ2v) is 7.97. The predicted octanol–water partition coefficient (Wildman–Crippen LogP) is 3.32. The standard InChI is InChI=1S/C20H27NO5S/c1-14(20(23)21-15-6-4-2-3-5-7-15)26-19(22)13-27-16-8-9-17-18(12-16)25-11-10-24-17/h8-9,12,14-15H,2-7,10-11,13H2,1H3,(H,21,23)/t14-/m0/s1. The highest BCUT2D eigenvalue weighted by molar-refractivity contribution is 8.00. The number of hydrogen-bond acceptors (Lipinski definition) is 6. The summed E-state index contributed by atoms with van der Waals surface area (Å²) in [6.45, 7) is 2.70. The zero-order chi connectivity index (χ0) is 19.1. The van der Waals surface area contributed by atoms with E-state index >= 15 is 0 Å². The van der Waals surface area contributed by atoms with Crippen molar-refractivity contribution in [2.75, 3.05) is 19.0 Å². The van der Waals surface area contributed by atoms with Crippen LogP contribution in [0.15, 0.2) is 23.1 Å². The number of nitrogens with one attached hydrogen (secondary N) is 1. The molecule has 1 fully saturated rings. The highest BCUT2D eigenvalue weighted by Gasteiger charge is 2.22. The summed E-state index contributed by atoms with van der Waals surface area (Å²) < 4.78 is 16.3. The Hall–Kier alpha value is -1.89. The summed E-state index contributed by atoms with van der Waals surface area (Å²) in [6, 6.07) is 5.78. The summed E-state index contributed by atoms with van der Waals surface area (Å²) in [4.78, 5) is 25.3. The van der Waals surface area contributed by atoms with Crippen molar-refractivity contribution in [3.05, 3.63) is 18.2 Å². The minimum atomic E-state index is -0.776. The molecule has 7 heteroatoms. The first-order valence-electron chi connectivity index (χ1n) is 9.64. The molecule has 3 rings (SSSR count). The van der Waals surface area contributed by atoms with Gasteiger partial charge in [-0.1, -0.05) is 25.7 Å². The summed E-state index contributed by atoms with van der Waals surface area (Å²) in [5, 5.41) is 3.02. The average Bonchev–Trinajstić information content (AvgIpc) is 2.94. The van der Waals surface area contributed by atoms with Crippen LogP contribution < -0.4 is 14.8 Å². The van der Waals surface area contributed by atoms with Crippen molar-refractivity contribution in [3.63, 3.8) is 0 Å². The maximum atomic E-state index is 12.3. The van der Waals surface area contributed by atoms with Crippen molar-refractivity contribution in [3.8, 4) is 11.5 Å². The van der Waals surface area contributed by atoms with E-state index < -0.39 is 12.1 Å². The van der Waals surface area contributed by atoms with E-state index in [2.05, 4.69) is 5.32 Å². The van der Waals surface area contributed by atoms with Crippen molar-refractivity contribution < 1.29 is 23.8 Å². The first-order valence-corrected chi connectivity index (χ1v) is 10.6. The van der Waals surface area contributed by atoms with Gasteiger partial charge in [0.25, 0.3) is 5.91 Å². The Morgan fingerprint density at radius 2 is 1.85 bits per heavy atom. The van der Waals surface area contributed by atoms with Gasteiger partial charge in [0.05, 0.1) is 5.75 Å². The number of carbonyl (C=O) groups is 2. The van der Waals surface area contributed by atoms with Crippen LogP contribution >= 0.6 is 11.8 Å². The summed E-state index contributed by atoms with van der Waals surface area (Å²) >= 11 is 1.35. The van der Waals surface area contributed by atoms with E-state index in [1.54, 1.807) is 6.92 Å². The summed E-state index contributed by atoms with van der Waals surface area (Å²) in [7, 11) is 0. The second-order valence-electron chi connectivity index (χ2n) is 6.92. The third-order valence-electron chi connectivity index (χ3n) is 4.75. The molecule has 0 aromatic heterocycles. The van der Waals surface area contributed by atoms with Gasteiger partial charge in [0.2, 0.25) is 0 Å². The molecule has 1 aliphatic carbocycles. The highest BCUT2D eigenvalue weighted by Crippen LogP contribution is 2.34. The van der Waals surface area contributed by atoms with Crippen LogP contribution in [0.2, 0.25) is 0 Å². The minimum absolute atomic E-state index is 0.140. The number of amides is 1. The molecule has 1 N–H and O–H groups in total. The van der Waals surface area contributed by atoms with Gasteiger partial charge in [-0.05, 0) is 38.0 Å². The average molecular weight is 394 g/mol. The Labute approximate surface area is 164 Å². The van der Waals surface area contributed by atoms with E-state index in [9.17, 15) is 9.59 Å². The first kappa shape index (κ1) is 19.9. The van der Waals surface area contributed by atoms with E-state index in [4.69, 9.17) is 14.2 Å². The number of fused-ring (bicyclic) bond motifs is 1. The van der Waals surface area contributed by atoms with Gasteiger partial charge in [-0.25, -0.2) is 0 Å². The molecule has 0 radical (unpaired) electrons. The quantitative estimate of drug-likeness (QED) is 0.454. The van der Waals surface area contributed by atoms with Crippen molar-refractivity contribution in [2.45, 2.75) is 62.5 Å². The number of hydrogen-bond donors (Lipinski definition) is 1. The largest absolute Gasteiger partial charge is 0.486 e. The van der Waals surface area contributed by atoms with Gasteiger partial charge in [0.1, 0.15) is 13.2 Å². The summed E-state index contributed by atoms with van der Waals surface area (Å²) in [6.07, 6.45) is 5.98. The zero-order valence-corrected chi connectivity index (χ0v) is 16.5. The molecule has 1 saturated carbocycles. The Morgan fingerprint density at radius 3 is 2.59 bits per heavy atom. The number of ether oxygens (including phenoxy) is 3. The van der Waals surface area contributed by atoms with Gasteiger partial charge in [-0.3, -0.25) is 9.59 Å². The maximum absolute atomic E-state index is 12.3. The van der Waals surface area contributed by atoms with Gasteiger partial charge in [-0.15, -0.1) is 11.8 Å². The molecular formula is C20H27NO5S. The molecule has 1 amide bonds. The van der Waals surface area contributed by atoms with E-state index in [1.807, 2.05) is 18.2 Å². The van der Waals surface area contributed by atoms with E-state index in [0.717, 1.165) is 36.3 Å². The van der Waals surface area contributed by atoms with Crippen LogP contribution in [0.1, 0.15) is 45.4 Å². The summed E-state index contributed by atoms with van der Waals surface area (Å²) in [5.74, 6) is 0.937. The molecule has 0 bridgehead atoms. The van der Waals surface area contributed by atoms with Gasteiger partial charge < -0.3 is 19.5 Å². The van der Waals surface area contributed by atoms with E-state index in [1.165, 1.54) is 24.6 Å². The number of thioether (sulfide) groups is 1. The van der Waals surface area contributed by atoms with Crippen LogP contribution in [0.5, 0.6) is 11.5 Å². The van der Waals surface area contributed by atoms with Crippen LogP contribution in [-0.4, -0.2) is 43.0 Å². The molecule has 6 nitrogen and oxygen atoms in total. The molecule has 1 aliphatic heterocycles. The van der Waals surface area contributed by atoms with Crippen LogP contribution in [-0.2, 0) is 14.3 Å². The van der Waals surface area contributed by atoms with E-state index in [0.29, 0.717) is 19.0 Å². The fourth-order valence-corrected chi connectivity index (χ4v) is 3.99. The zero-order valence-electron chi connectivity index (χ0n) is 15.7. The predicted molar refractivity (Wildman–Crippen MR) is 103 cm³/mol. The van der Waals surface area contributed by atoms with Crippen LogP contribution in [0.4, 0.5) is 0 Å². The van der Waals surface area contributed by atoms with Gasteiger partial charge >= 0.3 is 5.97 Å². The number of esters is 1. The second kappa shape index (κ2) is 9.88. The Balaban J connectivity index is 1.42. The molecule has 1 aromatic carbocycles. The van der Waals surface area contributed by atoms with Crippen molar-refractivity contribution in [1.29, 1.82) is 0 Å². The van der Waals surface area contributed by atoms with Crippen LogP contribution in [0, 0.1) is 0 Å². The number of rotatable bonds is 6. The SMILES string of the molecule is C[C@H](OC(=O)CSc1ccc2c(c1)OCCO2)C(=O)NC1CCCCCC1. The molecule has 148 valence electrons. The van der Waals surface area contributed by atoms with Crippen molar-refractivity contribution >= 4 is 23.6 Å². The van der Waals surface area contributed by atoms with Crippen molar-refractivity contribution in [1.82, 2.24) is 5.32 Å². The Bertz CT molecular complexity index is 658. The smallest absolute Gasteiger partial charge is 0.317 e. The van der Waals surface area contributed by atoms with Crippen LogP contribution in [0.25, 0.3) is 0 Å². The maximum Gasteiger partial charge on any atom is 0.317 e. The lowest BCUT2D eigenvalue weighted by Gasteiger charge is -2.20. The molecule has 1 aromatic rings. The minimum Gasteiger partial charge on any atom is -0.486 e. The Morgan fingerprint density at radius 1 is 1.15 bits per heavy atom. The molecule has 1 atom stereocenters. The first-order chi connectivity index (χ1) is 13.1. The van der Waals surface area contributed by atoms with Gasteiger partial charge in [-0.2, -0.15) is 0 Å². The molecule has 2 aliphatic rings. The highest BCUT2D eigenvalue weighted by atomic mass is 32.2. The Kier molecular flexibility index (Phi) is 7.26. The third-order valence-corrected chi connectivity index (χ3v) is 5.72. The lowest BCUT2D eigenvalue weighted by molar-refractivity contribution is -0.152. The molecule has 0 spiro atoms. The lowest BCUT2D eigenvalue weighted by atomic mass is 10.1. The topological polar surface area (TPSA) is 73.9 Å². The monoisotopic (exact) mass is 393 g/mol.